The smallest absolute Gasteiger partial charge is 0.182 e. The summed E-state index contributed by atoms with van der Waals surface area (Å²) in [7, 11) is -3.41. The minimum Gasteiger partial charge on any atom is -0.399 e. The first-order valence-corrected chi connectivity index (χ1v) is 7.65. The summed E-state index contributed by atoms with van der Waals surface area (Å²) in [5.74, 6) is -0.0888. The molecule has 0 unspecified atom stereocenters. The molecule has 0 aliphatic heterocycles. The number of anilines is 1. The predicted molar refractivity (Wildman–Crippen MR) is 77.6 cm³/mol. The molecule has 102 valence electrons. The Hall–Kier alpha value is -2.32. The molecule has 0 bridgehead atoms. The zero-order valence-corrected chi connectivity index (χ0v) is 11.8. The van der Waals surface area contributed by atoms with Crippen LogP contribution >= 0.6 is 0 Å². The van der Waals surface area contributed by atoms with E-state index < -0.39 is 9.84 Å². The predicted octanol–water partition coefficient (Wildman–Crippen LogP) is 2.42. The fourth-order valence-electron chi connectivity index (χ4n) is 1.89. The van der Waals surface area contributed by atoms with Gasteiger partial charge in [0.15, 0.2) is 9.84 Å². The lowest BCUT2D eigenvalue weighted by atomic mass is 10.1. The van der Waals surface area contributed by atoms with Crippen molar-refractivity contribution in [3.05, 3.63) is 59.2 Å². The number of benzene rings is 2. The van der Waals surface area contributed by atoms with E-state index in [1.807, 2.05) is 6.07 Å². The lowest BCUT2D eigenvalue weighted by Gasteiger charge is -2.08. The third-order valence-electron chi connectivity index (χ3n) is 3.06. The van der Waals surface area contributed by atoms with Crippen LogP contribution in [0.4, 0.5) is 5.69 Å². The van der Waals surface area contributed by atoms with Gasteiger partial charge >= 0.3 is 0 Å². The van der Waals surface area contributed by atoms with Gasteiger partial charge in [-0.2, -0.15) is 5.26 Å². The second-order valence-electron chi connectivity index (χ2n) is 4.58. The molecule has 0 saturated heterocycles. The monoisotopic (exact) mass is 286 g/mol. The number of nitrogen functional groups attached to an aromatic ring is 1. The van der Waals surface area contributed by atoms with Crippen molar-refractivity contribution in [3.63, 3.8) is 0 Å². The van der Waals surface area contributed by atoms with E-state index in [1.165, 1.54) is 12.1 Å². The van der Waals surface area contributed by atoms with E-state index in [4.69, 9.17) is 11.0 Å². The van der Waals surface area contributed by atoms with E-state index in [9.17, 15) is 8.42 Å². The highest BCUT2D eigenvalue weighted by Gasteiger charge is 2.16. The van der Waals surface area contributed by atoms with Crippen molar-refractivity contribution in [2.24, 2.45) is 0 Å². The van der Waals surface area contributed by atoms with Crippen LogP contribution in [0.25, 0.3) is 0 Å². The van der Waals surface area contributed by atoms with Crippen LogP contribution in [0.5, 0.6) is 0 Å². The first-order valence-electron chi connectivity index (χ1n) is 6.00. The Labute approximate surface area is 118 Å². The molecule has 0 spiro atoms. The zero-order valence-electron chi connectivity index (χ0n) is 11.0. The van der Waals surface area contributed by atoms with Gasteiger partial charge in [0.1, 0.15) is 0 Å². The van der Waals surface area contributed by atoms with Crippen molar-refractivity contribution in [1.82, 2.24) is 0 Å². The van der Waals surface area contributed by atoms with Gasteiger partial charge in [-0.25, -0.2) is 8.42 Å². The van der Waals surface area contributed by atoms with E-state index in [-0.39, 0.29) is 10.6 Å². The van der Waals surface area contributed by atoms with Gasteiger partial charge in [-0.05, 0) is 54.4 Å². The Morgan fingerprint density at radius 2 is 1.80 bits per heavy atom. The molecule has 20 heavy (non-hydrogen) atoms. The van der Waals surface area contributed by atoms with Gasteiger partial charge in [-0.1, -0.05) is 6.07 Å². The molecular formula is C15H14N2O2S. The molecule has 0 radical (unpaired) electrons. The minimum absolute atomic E-state index is 0.0888. The van der Waals surface area contributed by atoms with Gasteiger partial charge in [0.05, 0.1) is 22.3 Å². The molecule has 2 N–H and O–H groups in total. The number of rotatable bonds is 3. The van der Waals surface area contributed by atoms with Crippen LogP contribution in [0.1, 0.15) is 16.7 Å². The summed E-state index contributed by atoms with van der Waals surface area (Å²) in [4.78, 5) is 0.246. The van der Waals surface area contributed by atoms with Crippen molar-refractivity contribution in [3.8, 4) is 6.07 Å². The topological polar surface area (TPSA) is 84.0 Å². The quantitative estimate of drug-likeness (QED) is 0.878. The largest absolute Gasteiger partial charge is 0.399 e. The molecule has 5 heteroatoms. The molecule has 0 atom stereocenters. The van der Waals surface area contributed by atoms with Crippen LogP contribution in [0.3, 0.4) is 0 Å². The third-order valence-corrected chi connectivity index (χ3v) is 4.74. The SMILES string of the molecule is Cc1cc(C#N)ccc1CS(=O)(=O)c1ccc(N)cc1. The Balaban J connectivity index is 2.34. The lowest BCUT2D eigenvalue weighted by Crippen LogP contribution is -2.06. The Morgan fingerprint density at radius 1 is 1.15 bits per heavy atom. The Kier molecular flexibility index (Phi) is 3.77. The summed E-state index contributed by atoms with van der Waals surface area (Å²) in [6, 6.07) is 13.2. The summed E-state index contributed by atoms with van der Waals surface area (Å²) in [5.41, 5.74) is 8.09. The summed E-state index contributed by atoms with van der Waals surface area (Å²) >= 11 is 0. The average Bonchev–Trinajstić information content (AvgIpc) is 2.41. The van der Waals surface area contributed by atoms with Gasteiger partial charge in [0.2, 0.25) is 0 Å². The van der Waals surface area contributed by atoms with Crippen LogP contribution < -0.4 is 5.73 Å². The van der Waals surface area contributed by atoms with Gasteiger partial charge in [0.25, 0.3) is 0 Å². The first-order chi connectivity index (χ1) is 9.42. The van der Waals surface area contributed by atoms with Crippen LogP contribution in [0.2, 0.25) is 0 Å². The molecular weight excluding hydrogens is 272 g/mol. The Morgan fingerprint density at radius 3 is 2.35 bits per heavy atom. The van der Waals surface area contributed by atoms with Crippen LogP contribution in [-0.2, 0) is 15.6 Å². The van der Waals surface area contributed by atoms with E-state index in [2.05, 4.69) is 0 Å². The molecule has 2 aromatic rings. The van der Waals surface area contributed by atoms with E-state index >= 15 is 0 Å². The molecule has 0 fully saturated rings. The number of hydrogen-bond acceptors (Lipinski definition) is 4. The van der Waals surface area contributed by atoms with Crippen LogP contribution in [0.15, 0.2) is 47.4 Å². The number of nitrogens with zero attached hydrogens (tertiary/aromatic N) is 1. The van der Waals surface area contributed by atoms with Crippen LogP contribution in [0, 0.1) is 18.3 Å². The maximum atomic E-state index is 12.3. The maximum absolute atomic E-state index is 12.3. The van der Waals surface area contributed by atoms with Crippen molar-refractivity contribution in [2.45, 2.75) is 17.6 Å². The van der Waals surface area contributed by atoms with Crippen LogP contribution in [-0.4, -0.2) is 8.42 Å². The number of nitrogens with two attached hydrogens (primary N) is 1. The van der Waals surface area contributed by atoms with E-state index in [1.54, 1.807) is 37.3 Å². The second kappa shape index (κ2) is 5.35. The number of hydrogen-bond donors (Lipinski definition) is 1. The van der Waals surface area contributed by atoms with Gasteiger partial charge in [-0.15, -0.1) is 0 Å². The fraction of sp³-hybridized carbons (Fsp3) is 0.133. The summed E-state index contributed by atoms with van der Waals surface area (Å²) in [5, 5.41) is 8.81. The van der Waals surface area contributed by atoms with Crippen molar-refractivity contribution >= 4 is 15.5 Å². The van der Waals surface area contributed by atoms with Gasteiger partial charge in [0, 0.05) is 5.69 Å². The highest BCUT2D eigenvalue weighted by atomic mass is 32.2. The normalized spacial score (nSPS) is 11.0. The molecule has 0 aliphatic carbocycles. The fourth-order valence-corrected chi connectivity index (χ4v) is 3.34. The average molecular weight is 286 g/mol. The van der Waals surface area contributed by atoms with Crippen molar-refractivity contribution in [2.75, 3.05) is 5.73 Å². The molecule has 2 aromatic carbocycles. The summed E-state index contributed by atoms with van der Waals surface area (Å²) in [6.45, 7) is 1.80. The standard InChI is InChI=1S/C15H14N2O2S/c1-11-8-12(9-16)2-3-13(11)10-20(18,19)15-6-4-14(17)5-7-15/h2-8H,10,17H2,1H3. The Bertz CT molecular complexity index is 773. The maximum Gasteiger partial charge on any atom is 0.182 e. The lowest BCUT2D eigenvalue weighted by molar-refractivity contribution is 0.595. The van der Waals surface area contributed by atoms with E-state index in [0.717, 1.165) is 5.56 Å². The number of aryl methyl sites for hydroxylation is 1. The van der Waals surface area contributed by atoms with Gasteiger partial charge < -0.3 is 5.73 Å². The van der Waals surface area contributed by atoms with Crippen molar-refractivity contribution < 1.29 is 8.42 Å². The molecule has 0 saturated carbocycles. The number of nitriles is 1. The van der Waals surface area contributed by atoms with E-state index in [0.29, 0.717) is 16.8 Å². The molecule has 2 rings (SSSR count). The molecule has 0 amide bonds. The minimum atomic E-state index is -3.41. The third kappa shape index (κ3) is 2.98. The molecule has 0 heterocycles. The molecule has 0 aromatic heterocycles. The first kappa shape index (κ1) is 14.1. The molecule has 0 aliphatic rings. The highest BCUT2D eigenvalue weighted by molar-refractivity contribution is 7.90. The van der Waals surface area contributed by atoms with Crippen molar-refractivity contribution in [1.29, 1.82) is 5.26 Å². The number of sulfone groups is 1. The summed E-state index contributed by atoms with van der Waals surface area (Å²) < 4.78 is 24.6. The molecule has 4 nitrogen and oxygen atoms in total. The highest BCUT2D eigenvalue weighted by Crippen LogP contribution is 2.20. The second-order valence-corrected chi connectivity index (χ2v) is 6.57. The van der Waals surface area contributed by atoms with Gasteiger partial charge in [-0.3, -0.25) is 0 Å². The summed E-state index contributed by atoms with van der Waals surface area (Å²) in [6.07, 6.45) is 0. The zero-order chi connectivity index (χ0) is 14.8.